The molecule has 1 saturated carbocycles. The Labute approximate surface area is 109 Å². The maximum Gasteiger partial charge on any atom is 0.225 e. The Bertz CT molecular complexity index is 310. The number of amides is 1. The predicted octanol–water partition coefficient (Wildman–Crippen LogP) is 1.47. The van der Waals surface area contributed by atoms with Crippen LogP contribution >= 0.6 is 0 Å². The molecule has 1 aliphatic carbocycles. The molecule has 18 heavy (non-hydrogen) atoms. The van der Waals surface area contributed by atoms with E-state index in [1.165, 1.54) is 0 Å². The lowest BCUT2D eigenvalue weighted by atomic mass is 9.77. The van der Waals surface area contributed by atoms with E-state index in [0.717, 1.165) is 38.7 Å². The van der Waals surface area contributed by atoms with Crippen LogP contribution in [-0.4, -0.2) is 36.4 Å². The van der Waals surface area contributed by atoms with Gasteiger partial charge in [0.25, 0.3) is 0 Å². The minimum atomic E-state index is -0.752. The second-order valence-electron chi connectivity index (χ2n) is 6.40. The van der Waals surface area contributed by atoms with Crippen molar-refractivity contribution in [2.24, 2.45) is 11.3 Å². The highest BCUT2D eigenvalue weighted by Crippen LogP contribution is 2.45. The van der Waals surface area contributed by atoms with Gasteiger partial charge in [0.1, 0.15) is 0 Å². The van der Waals surface area contributed by atoms with Crippen LogP contribution < -0.4 is 5.32 Å². The van der Waals surface area contributed by atoms with Crippen LogP contribution in [0.3, 0.4) is 0 Å². The van der Waals surface area contributed by atoms with Gasteiger partial charge in [-0.05, 0) is 37.5 Å². The third kappa shape index (κ3) is 2.69. The molecule has 2 rings (SSSR count). The summed E-state index contributed by atoms with van der Waals surface area (Å²) in [6.07, 6.45) is 4.68. The quantitative estimate of drug-likeness (QED) is 0.803. The lowest BCUT2D eigenvalue weighted by Crippen LogP contribution is -2.51. The highest BCUT2D eigenvalue weighted by atomic mass is 16.5. The predicted molar refractivity (Wildman–Crippen MR) is 69.1 cm³/mol. The van der Waals surface area contributed by atoms with E-state index in [9.17, 15) is 9.90 Å². The van der Waals surface area contributed by atoms with Crippen LogP contribution in [-0.2, 0) is 9.53 Å². The summed E-state index contributed by atoms with van der Waals surface area (Å²) in [6.45, 7) is 5.81. The average Bonchev–Trinajstić information content (AvgIpc) is 2.62. The van der Waals surface area contributed by atoms with Gasteiger partial charge in [-0.15, -0.1) is 0 Å². The normalized spacial score (nSPS) is 35.4. The van der Waals surface area contributed by atoms with E-state index in [1.54, 1.807) is 0 Å². The van der Waals surface area contributed by atoms with Gasteiger partial charge in [0, 0.05) is 13.2 Å². The Morgan fingerprint density at radius 1 is 1.39 bits per heavy atom. The maximum atomic E-state index is 12.0. The standard InChI is InChI=1S/C14H25NO3/c1-13(2)6-4-7-14(13,17)10-15-12(16)11-5-3-8-18-9-11/h11,17H,3-10H2,1-2H3,(H,15,16). The van der Waals surface area contributed by atoms with Crippen molar-refractivity contribution < 1.29 is 14.6 Å². The zero-order valence-corrected chi connectivity index (χ0v) is 11.5. The minimum absolute atomic E-state index is 0.0332. The summed E-state index contributed by atoms with van der Waals surface area (Å²) in [7, 11) is 0. The van der Waals surface area contributed by atoms with Crippen LogP contribution in [0.5, 0.6) is 0 Å². The molecule has 0 spiro atoms. The molecule has 2 fully saturated rings. The van der Waals surface area contributed by atoms with Gasteiger partial charge in [0.05, 0.1) is 18.1 Å². The summed E-state index contributed by atoms with van der Waals surface area (Å²) in [6, 6.07) is 0. The summed E-state index contributed by atoms with van der Waals surface area (Å²) in [5.74, 6) is -0.00214. The average molecular weight is 255 g/mol. The Hall–Kier alpha value is -0.610. The Morgan fingerprint density at radius 2 is 2.17 bits per heavy atom. The van der Waals surface area contributed by atoms with E-state index in [0.29, 0.717) is 13.2 Å². The van der Waals surface area contributed by atoms with Crippen LogP contribution in [0.4, 0.5) is 0 Å². The minimum Gasteiger partial charge on any atom is -0.387 e. The number of hydrogen-bond donors (Lipinski definition) is 2. The van der Waals surface area contributed by atoms with Crippen LogP contribution in [0.15, 0.2) is 0 Å². The van der Waals surface area contributed by atoms with E-state index in [4.69, 9.17) is 4.74 Å². The van der Waals surface area contributed by atoms with Crippen molar-refractivity contribution in [2.75, 3.05) is 19.8 Å². The molecule has 0 aromatic carbocycles. The number of rotatable bonds is 3. The van der Waals surface area contributed by atoms with Crippen molar-refractivity contribution in [1.29, 1.82) is 0 Å². The first kappa shape index (κ1) is 13.8. The molecule has 2 N–H and O–H groups in total. The van der Waals surface area contributed by atoms with Crippen molar-refractivity contribution >= 4 is 5.91 Å². The van der Waals surface area contributed by atoms with E-state index in [-0.39, 0.29) is 17.2 Å². The molecular formula is C14H25NO3. The van der Waals surface area contributed by atoms with Gasteiger partial charge in [0.2, 0.25) is 5.91 Å². The van der Waals surface area contributed by atoms with Crippen LogP contribution in [0.1, 0.15) is 46.0 Å². The number of nitrogens with one attached hydrogen (secondary N) is 1. The zero-order chi connectivity index (χ0) is 13.2. The molecule has 4 heteroatoms. The molecule has 1 heterocycles. The van der Waals surface area contributed by atoms with E-state index in [2.05, 4.69) is 19.2 Å². The molecule has 1 aliphatic heterocycles. The molecule has 4 nitrogen and oxygen atoms in total. The lowest BCUT2D eigenvalue weighted by molar-refractivity contribution is -0.131. The molecule has 104 valence electrons. The number of carbonyl (C=O) groups excluding carboxylic acids is 1. The van der Waals surface area contributed by atoms with Gasteiger partial charge in [0.15, 0.2) is 0 Å². The largest absolute Gasteiger partial charge is 0.387 e. The molecule has 0 aromatic heterocycles. The Kier molecular flexibility index (Phi) is 3.97. The van der Waals surface area contributed by atoms with Gasteiger partial charge in [-0.3, -0.25) is 4.79 Å². The highest BCUT2D eigenvalue weighted by Gasteiger charge is 2.47. The number of hydrogen-bond acceptors (Lipinski definition) is 3. The van der Waals surface area contributed by atoms with Crippen LogP contribution in [0.2, 0.25) is 0 Å². The van der Waals surface area contributed by atoms with Gasteiger partial charge in [-0.2, -0.15) is 0 Å². The fourth-order valence-electron chi connectivity index (χ4n) is 3.05. The SMILES string of the molecule is CC1(C)CCCC1(O)CNC(=O)C1CCCOC1. The third-order valence-electron chi connectivity index (χ3n) is 4.74. The zero-order valence-electron chi connectivity index (χ0n) is 11.5. The molecule has 1 saturated heterocycles. The van der Waals surface area contributed by atoms with Crippen molar-refractivity contribution in [2.45, 2.75) is 51.6 Å². The first-order valence-electron chi connectivity index (χ1n) is 7.02. The van der Waals surface area contributed by atoms with Gasteiger partial charge >= 0.3 is 0 Å². The number of ether oxygens (including phenoxy) is 1. The molecular weight excluding hydrogens is 230 g/mol. The van der Waals surface area contributed by atoms with E-state index in [1.807, 2.05) is 0 Å². The van der Waals surface area contributed by atoms with Gasteiger partial charge in [-0.1, -0.05) is 13.8 Å². The monoisotopic (exact) mass is 255 g/mol. The molecule has 0 bridgehead atoms. The fraction of sp³-hybridized carbons (Fsp3) is 0.929. The topological polar surface area (TPSA) is 58.6 Å². The Morgan fingerprint density at radius 3 is 2.72 bits per heavy atom. The second-order valence-corrected chi connectivity index (χ2v) is 6.40. The second kappa shape index (κ2) is 5.17. The van der Waals surface area contributed by atoms with Crippen molar-refractivity contribution in [3.8, 4) is 0 Å². The highest BCUT2D eigenvalue weighted by molar-refractivity contribution is 5.78. The summed E-state index contributed by atoms with van der Waals surface area (Å²) in [5, 5.41) is 13.5. The van der Waals surface area contributed by atoms with Crippen molar-refractivity contribution in [1.82, 2.24) is 5.32 Å². The first-order chi connectivity index (χ1) is 8.45. The Balaban J connectivity index is 1.85. The molecule has 2 unspecified atom stereocenters. The van der Waals surface area contributed by atoms with Gasteiger partial charge < -0.3 is 15.2 Å². The molecule has 2 aliphatic rings. The van der Waals surface area contributed by atoms with E-state index >= 15 is 0 Å². The van der Waals surface area contributed by atoms with Crippen LogP contribution in [0.25, 0.3) is 0 Å². The molecule has 2 atom stereocenters. The number of aliphatic hydroxyl groups is 1. The smallest absolute Gasteiger partial charge is 0.225 e. The molecule has 1 amide bonds. The lowest BCUT2D eigenvalue weighted by Gasteiger charge is -2.37. The number of carbonyl (C=O) groups is 1. The maximum absolute atomic E-state index is 12.0. The molecule has 0 aromatic rings. The van der Waals surface area contributed by atoms with Crippen molar-refractivity contribution in [3.63, 3.8) is 0 Å². The van der Waals surface area contributed by atoms with Gasteiger partial charge in [-0.25, -0.2) is 0 Å². The summed E-state index contributed by atoms with van der Waals surface area (Å²) < 4.78 is 5.32. The third-order valence-corrected chi connectivity index (χ3v) is 4.74. The van der Waals surface area contributed by atoms with E-state index < -0.39 is 5.60 Å². The summed E-state index contributed by atoms with van der Waals surface area (Å²) in [5.41, 5.74) is -0.860. The summed E-state index contributed by atoms with van der Waals surface area (Å²) in [4.78, 5) is 12.0. The first-order valence-corrected chi connectivity index (χ1v) is 7.02. The van der Waals surface area contributed by atoms with Crippen molar-refractivity contribution in [3.05, 3.63) is 0 Å². The fourth-order valence-corrected chi connectivity index (χ4v) is 3.05. The molecule has 0 radical (unpaired) electrons. The summed E-state index contributed by atoms with van der Waals surface area (Å²) >= 11 is 0. The van der Waals surface area contributed by atoms with Crippen LogP contribution in [0, 0.1) is 11.3 Å².